The number of aromatic carboxylic acids is 1. The Morgan fingerprint density at radius 1 is 1.47 bits per heavy atom. The molecule has 88 valence electrons. The van der Waals surface area contributed by atoms with Crippen LogP contribution >= 0.6 is 0 Å². The third-order valence-corrected chi connectivity index (χ3v) is 2.29. The molecule has 0 unspecified atom stereocenters. The average molecular weight is 232 g/mol. The van der Waals surface area contributed by atoms with E-state index < -0.39 is 5.97 Å². The number of nitrogens with one attached hydrogen (secondary N) is 1. The van der Waals surface area contributed by atoms with Crippen molar-refractivity contribution < 1.29 is 9.90 Å². The highest BCUT2D eigenvalue weighted by Gasteiger charge is 2.06. The van der Waals surface area contributed by atoms with Crippen LogP contribution in [0.2, 0.25) is 0 Å². The topological polar surface area (TPSA) is 80.0 Å². The Morgan fingerprint density at radius 2 is 2.24 bits per heavy atom. The van der Waals surface area contributed by atoms with Crippen molar-refractivity contribution in [2.45, 2.75) is 6.92 Å². The Bertz CT molecular complexity index is 545. The van der Waals surface area contributed by atoms with Crippen molar-refractivity contribution in [2.75, 3.05) is 5.32 Å². The van der Waals surface area contributed by atoms with Crippen molar-refractivity contribution >= 4 is 17.5 Å². The molecule has 0 aromatic carbocycles. The van der Waals surface area contributed by atoms with Crippen molar-refractivity contribution in [3.8, 4) is 0 Å². The van der Waals surface area contributed by atoms with Crippen LogP contribution in [0.5, 0.6) is 0 Å². The molecule has 6 heteroatoms. The summed E-state index contributed by atoms with van der Waals surface area (Å²) in [5.74, 6) is -0.396. The molecule has 0 bridgehead atoms. The summed E-state index contributed by atoms with van der Waals surface area (Å²) in [4.78, 5) is 14.7. The van der Waals surface area contributed by atoms with E-state index in [0.717, 1.165) is 11.4 Å². The van der Waals surface area contributed by atoms with Crippen molar-refractivity contribution in [2.24, 2.45) is 7.05 Å². The first-order valence-corrected chi connectivity index (χ1v) is 5.03. The number of pyridine rings is 1. The Kier molecular flexibility index (Phi) is 2.78. The molecular formula is C11H12N4O2. The van der Waals surface area contributed by atoms with Crippen LogP contribution in [0.1, 0.15) is 16.1 Å². The van der Waals surface area contributed by atoms with Crippen LogP contribution in [-0.2, 0) is 7.05 Å². The molecule has 2 heterocycles. The minimum absolute atomic E-state index is 0.165. The molecule has 0 aliphatic rings. The monoisotopic (exact) mass is 232 g/mol. The first-order valence-electron chi connectivity index (χ1n) is 5.03. The zero-order chi connectivity index (χ0) is 12.4. The smallest absolute Gasteiger partial charge is 0.337 e. The van der Waals surface area contributed by atoms with Gasteiger partial charge in [0.25, 0.3) is 0 Å². The van der Waals surface area contributed by atoms with Crippen LogP contribution < -0.4 is 5.32 Å². The molecule has 2 N–H and O–H groups in total. The van der Waals surface area contributed by atoms with Crippen LogP contribution in [0, 0.1) is 6.92 Å². The predicted octanol–water partition coefficient (Wildman–Crippen LogP) is 1.57. The first kappa shape index (κ1) is 11.1. The van der Waals surface area contributed by atoms with Gasteiger partial charge in [-0.3, -0.25) is 4.68 Å². The summed E-state index contributed by atoms with van der Waals surface area (Å²) in [5.41, 5.74) is 1.87. The number of aromatic nitrogens is 3. The minimum atomic E-state index is -0.985. The van der Waals surface area contributed by atoms with Gasteiger partial charge in [-0.15, -0.1) is 0 Å². The number of hydrogen-bond donors (Lipinski definition) is 2. The molecule has 2 aromatic rings. The summed E-state index contributed by atoms with van der Waals surface area (Å²) in [7, 11) is 1.83. The Hall–Kier alpha value is -2.37. The normalized spacial score (nSPS) is 10.2. The molecule has 0 aliphatic carbocycles. The second kappa shape index (κ2) is 4.25. The maximum Gasteiger partial charge on any atom is 0.337 e. The second-order valence-corrected chi connectivity index (χ2v) is 3.66. The average Bonchev–Trinajstić information content (AvgIpc) is 2.58. The van der Waals surface area contributed by atoms with Gasteiger partial charge < -0.3 is 10.4 Å². The fourth-order valence-corrected chi connectivity index (χ4v) is 1.45. The number of aryl methyl sites for hydroxylation is 2. The standard InChI is InChI=1S/C11H12N4O2/c1-7-9(6-15(2)14-7)13-10-4-3-8(5-12-10)11(16)17/h3-6H,1-2H3,(H,12,13)(H,16,17). The molecule has 0 aliphatic heterocycles. The third kappa shape index (κ3) is 2.41. The molecule has 0 saturated heterocycles. The number of hydrogen-bond acceptors (Lipinski definition) is 4. The Morgan fingerprint density at radius 3 is 2.71 bits per heavy atom. The van der Waals surface area contributed by atoms with Gasteiger partial charge in [0.05, 0.1) is 16.9 Å². The molecule has 6 nitrogen and oxygen atoms in total. The highest BCUT2D eigenvalue weighted by atomic mass is 16.4. The lowest BCUT2D eigenvalue weighted by molar-refractivity contribution is 0.0696. The van der Waals surface area contributed by atoms with E-state index >= 15 is 0 Å². The fourth-order valence-electron chi connectivity index (χ4n) is 1.45. The van der Waals surface area contributed by atoms with Gasteiger partial charge in [-0.1, -0.05) is 0 Å². The van der Waals surface area contributed by atoms with Crippen molar-refractivity contribution in [1.82, 2.24) is 14.8 Å². The zero-order valence-corrected chi connectivity index (χ0v) is 9.51. The number of nitrogens with zero attached hydrogens (tertiary/aromatic N) is 3. The summed E-state index contributed by atoms with van der Waals surface area (Å²) in [5, 5.41) is 16.0. The van der Waals surface area contributed by atoms with Crippen molar-refractivity contribution in [3.63, 3.8) is 0 Å². The van der Waals surface area contributed by atoms with Gasteiger partial charge in [0.15, 0.2) is 0 Å². The minimum Gasteiger partial charge on any atom is -0.478 e. The number of carboxylic acid groups (broad SMARTS) is 1. The lowest BCUT2D eigenvalue weighted by Gasteiger charge is -2.03. The zero-order valence-electron chi connectivity index (χ0n) is 9.51. The van der Waals surface area contributed by atoms with Crippen LogP contribution in [0.15, 0.2) is 24.5 Å². The van der Waals surface area contributed by atoms with E-state index in [4.69, 9.17) is 5.11 Å². The molecule has 2 aromatic heterocycles. The van der Waals surface area contributed by atoms with E-state index in [1.807, 2.05) is 20.2 Å². The highest BCUT2D eigenvalue weighted by molar-refractivity contribution is 5.87. The molecule has 0 spiro atoms. The van der Waals surface area contributed by atoms with Gasteiger partial charge in [0.1, 0.15) is 5.82 Å². The van der Waals surface area contributed by atoms with Gasteiger partial charge in [0.2, 0.25) is 0 Å². The Labute approximate surface area is 97.9 Å². The summed E-state index contributed by atoms with van der Waals surface area (Å²) in [6.45, 7) is 1.88. The Balaban J connectivity index is 2.19. The summed E-state index contributed by atoms with van der Waals surface area (Å²) < 4.78 is 1.70. The van der Waals surface area contributed by atoms with E-state index in [-0.39, 0.29) is 5.56 Å². The van der Waals surface area contributed by atoms with E-state index in [2.05, 4.69) is 15.4 Å². The van der Waals surface area contributed by atoms with Gasteiger partial charge in [0, 0.05) is 19.4 Å². The van der Waals surface area contributed by atoms with Crippen LogP contribution in [0.25, 0.3) is 0 Å². The number of rotatable bonds is 3. The highest BCUT2D eigenvalue weighted by Crippen LogP contribution is 2.17. The van der Waals surface area contributed by atoms with Crippen molar-refractivity contribution in [3.05, 3.63) is 35.8 Å². The molecule has 0 fully saturated rings. The maximum atomic E-state index is 10.7. The molecule has 17 heavy (non-hydrogen) atoms. The lowest BCUT2D eigenvalue weighted by atomic mass is 10.3. The van der Waals surface area contributed by atoms with Gasteiger partial charge >= 0.3 is 5.97 Å². The molecule has 0 radical (unpaired) electrons. The molecule has 0 saturated carbocycles. The van der Waals surface area contributed by atoms with E-state index in [9.17, 15) is 4.79 Å². The molecule has 0 amide bonds. The maximum absolute atomic E-state index is 10.7. The predicted molar refractivity (Wildman–Crippen MR) is 62.4 cm³/mol. The number of carboxylic acids is 1. The van der Waals surface area contributed by atoms with E-state index in [1.54, 1.807) is 10.7 Å². The lowest BCUT2D eigenvalue weighted by Crippen LogP contribution is -1.99. The summed E-state index contributed by atoms with van der Waals surface area (Å²) in [6, 6.07) is 3.12. The van der Waals surface area contributed by atoms with Crippen LogP contribution in [0.4, 0.5) is 11.5 Å². The number of anilines is 2. The van der Waals surface area contributed by atoms with Gasteiger partial charge in [-0.05, 0) is 19.1 Å². The SMILES string of the molecule is Cc1nn(C)cc1Nc1ccc(C(=O)O)cn1. The summed E-state index contributed by atoms with van der Waals surface area (Å²) in [6.07, 6.45) is 3.15. The number of carbonyl (C=O) groups is 1. The fraction of sp³-hybridized carbons (Fsp3) is 0.182. The quantitative estimate of drug-likeness (QED) is 0.839. The third-order valence-electron chi connectivity index (χ3n) is 2.29. The molecular weight excluding hydrogens is 220 g/mol. The molecule has 0 atom stereocenters. The van der Waals surface area contributed by atoms with Crippen LogP contribution in [0.3, 0.4) is 0 Å². The largest absolute Gasteiger partial charge is 0.478 e. The van der Waals surface area contributed by atoms with Gasteiger partial charge in [-0.25, -0.2) is 9.78 Å². The first-order chi connectivity index (χ1) is 8.06. The van der Waals surface area contributed by atoms with E-state index in [0.29, 0.717) is 5.82 Å². The summed E-state index contributed by atoms with van der Waals surface area (Å²) >= 11 is 0. The second-order valence-electron chi connectivity index (χ2n) is 3.66. The molecule has 2 rings (SSSR count). The van der Waals surface area contributed by atoms with Crippen molar-refractivity contribution in [1.29, 1.82) is 0 Å². The van der Waals surface area contributed by atoms with E-state index in [1.165, 1.54) is 12.3 Å². The van der Waals surface area contributed by atoms with Crippen LogP contribution in [-0.4, -0.2) is 25.8 Å². The van der Waals surface area contributed by atoms with Gasteiger partial charge in [-0.2, -0.15) is 5.10 Å².